The topological polar surface area (TPSA) is 86.7 Å². The summed E-state index contributed by atoms with van der Waals surface area (Å²) < 4.78 is 25.1. The number of hydrogen-bond acceptors (Lipinski definition) is 4. The number of hydrogen-bond donors (Lipinski definition) is 2. The van der Waals surface area contributed by atoms with Crippen molar-refractivity contribution in [3.05, 3.63) is 29.3 Å². The molecule has 2 N–H and O–H groups in total. The number of nitrogens with zero attached hydrogens (tertiary/aromatic N) is 1. The lowest BCUT2D eigenvalue weighted by molar-refractivity contribution is 0.0956. The molecule has 112 valence electrons. The monoisotopic (exact) mass is 320 g/mol. The van der Waals surface area contributed by atoms with Gasteiger partial charge < -0.3 is 10.4 Å². The first-order chi connectivity index (χ1) is 9.30. The van der Waals surface area contributed by atoms with Crippen molar-refractivity contribution in [3.63, 3.8) is 0 Å². The summed E-state index contributed by atoms with van der Waals surface area (Å²) in [6.45, 7) is 3.36. The van der Waals surface area contributed by atoms with Crippen LogP contribution in [0.3, 0.4) is 0 Å². The van der Waals surface area contributed by atoms with Crippen LogP contribution in [-0.4, -0.2) is 36.6 Å². The molecule has 0 fully saturated rings. The molecule has 0 radical (unpaired) electrons. The molecule has 1 aromatic carbocycles. The Hall–Kier alpha value is -1.31. The van der Waals surface area contributed by atoms with E-state index in [1.54, 1.807) is 0 Å². The van der Waals surface area contributed by atoms with E-state index in [9.17, 15) is 18.3 Å². The number of aliphatic hydroxyl groups excluding tert-OH is 1. The molecular formula is C12H17ClN2O4S. The summed E-state index contributed by atoms with van der Waals surface area (Å²) in [6, 6.07) is 4.49. The first-order valence-electron chi connectivity index (χ1n) is 6.06. The number of carbonyl (C=O) groups is 1. The Kier molecular flexibility index (Phi) is 5.79. The highest BCUT2D eigenvalue weighted by molar-refractivity contribution is 7.89. The van der Waals surface area contributed by atoms with E-state index in [-0.39, 0.29) is 4.90 Å². The van der Waals surface area contributed by atoms with Gasteiger partial charge in [-0.15, -0.1) is 0 Å². The minimum absolute atomic E-state index is 0.116. The molecular weight excluding hydrogens is 304 g/mol. The fourth-order valence-electron chi connectivity index (χ4n) is 1.51. The molecule has 0 bridgehead atoms. The summed E-state index contributed by atoms with van der Waals surface area (Å²) in [5.41, 5.74) is 0. The molecule has 0 aliphatic carbocycles. The van der Waals surface area contributed by atoms with Crippen molar-refractivity contribution in [1.29, 1.82) is 0 Å². The lowest BCUT2D eigenvalue weighted by Crippen LogP contribution is -2.48. The van der Waals surface area contributed by atoms with Crippen LogP contribution in [0.15, 0.2) is 29.2 Å². The number of halogens is 1. The third-order valence-corrected chi connectivity index (χ3v) is 4.54. The molecule has 1 unspecified atom stereocenters. The first-order valence-corrected chi connectivity index (χ1v) is 7.88. The fraction of sp³-hybridized carbons (Fsp3) is 0.417. The van der Waals surface area contributed by atoms with E-state index < -0.39 is 22.3 Å². The van der Waals surface area contributed by atoms with Gasteiger partial charge in [0.1, 0.15) is 6.23 Å². The normalized spacial score (nSPS) is 12.8. The highest BCUT2D eigenvalue weighted by atomic mass is 35.5. The Morgan fingerprint density at radius 2 is 1.95 bits per heavy atom. The largest absolute Gasteiger partial charge is 0.373 e. The van der Waals surface area contributed by atoms with Gasteiger partial charge in [0, 0.05) is 11.6 Å². The second-order valence-electron chi connectivity index (χ2n) is 4.12. The van der Waals surface area contributed by atoms with Gasteiger partial charge >= 0.3 is 6.03 Å². The van der Waals surface area contributed by atoms with Crippen molar-refractivity contribution >= 4 is 27.7 Å². The lowest BCUT2D eigenvalue weighted by atomic mass is 10.4. The maximum Gasteiger partial charge on any atom is 0.333 e. The average Bonchev–Trinajstić information content (AvgIpc) is 2.36. The molecule has 8 heteroatoms. The molecule has 1 rings (SSSR count). The number of aliphatic hydroxyl groups is 1. The zero-order valence-corrected chi connectivity index (χ0v) is 12.8. The minimum atomic E-state index is -4.13. The van der Waals surface area contributed by atoms with Crippen molar-refractivity contribution in [2.45, 2.75) is 31.4 Å². The molecule has 0 spiro atoms. The molecule has 1 atom stereocenters. The van der Waals surface area contributed by atoms with Gasteiger partial charge in [-0.1, -0.05) is 18.5 Å². The number of amides is 2. The van der Waals surface area contributed by atoms with E-state index >= 15 is 0 Å². The van der Waals surface area contributed by atoms with Crippen LogP contribution in [0.4, 0.5) is 4.79 Å². The second kappa shape index (κ2) is 6.92. The van der Waals surface area contributed by atoms with Crippen molar-refractivity contribution < 1.29 is 18.3 Å². The number of urea groups is 1. The van der Waals surface area contributed by atoms with Gasteiger partial charge in [-0.3, -0.25) is 0 Å². The SMILES string of the molecule is CCCNC(=O)N(C(C)O)S(=O)(=O)c1ccc(Cl)cc1. The molecule has 2 amide bonds. The van der Waals surface area contributed by atoms with Crippen molar-refractivity contribution in [1.82, 2.24) is 9.62 Å². The van der Waals surface area contributed by atoms with Crippen LogP contribution in [0.5, 0.6) is 0 Å². The summed E-state index contributed by atoms with van der Waals surface area (Å²) in [7, 11) is -4.13. The van der Waals surface area contributed by atoms with Gasteiger partial charge in [0.25, 0.3) is 10.0 Å². The maximum atomic E-state index is 12.4. The van der Waals surface area contributed by atoms with Crippen molar-refractivity contribution in [3.8, 4) is 0 Å². The average molecular weight is 321 g/mol. The fourth-order valence-corrected chi connectivity index (χ4v) is 3.03. The number of sulfonamides is 1. The van der Waals surface area contributed by atoms with Crippen LogP contribution in [0.25, 0.3) is 0 Å². The van der Waals surface area contributed by atoms with Crippen LogP contribution < -0.4 is 5.32 Å². The van der Waals surface area contributed by atoms with Crippen LogP contribution >= 0.6 is 11.6 Å². The summed E-state index contributed by atoms with van der Waals surface area (Å²) >= 11 is 5.70. The Balaban J connectivity index is 3.12. The Morgan fingerprint density at radius 3 is 2.40 bits per heavy atom. The van der Waals surface area contributed by atoms with Crippen molar-refractivity contribution in [2.75, 3.05) is 6.54 Å². The smallest absolute Gasteiger partial charge is 0.333 e. The van der Waals surface area contributed by atoms with E-state index in [1.165, 1.54) is 31.2 Å². The highest BCUT2D eigenvalue weighted by Gasteiger charge is 2.32. The van der Waals surface area contributed by atoms with Crippen LogP contribution in [-0.2, 0) is 10.0 Å². The standard InChI is InChI=1S/C12H17ClN2O4S/c1-3-8-14-12(17)15(9(2)16)20(18,19)11-6-4-10(13)5-7-11/h4-7,9,16H,3,8H2,1-2H3,(H,14,17). The minimum Gasteiger partial charge on any atom is -0.373 e. The molecule has 20 heavy (non-hydrogen) atoms. The Bertz CT molecular complexity index is 557. The van der Waals surface area contributed by atoms with E-state index in [0.29, 0.717) is 22.3 Å². The predicted octanol–water partition coefficient (Wildman–Crippen LogP) is 1.79. The molecule has 0 saturated heterocycles. The van der Waals surface area contributed by atoms with Crippen LogP contribution in [0.2, 0.25) is 5.02 Å². The summed E-state index contributed by atoms with van der Waals surface area (Å²) in [5, 5.41) is 12.4. The van der Waals surface area contributed by atoms with E-state index in [1.807, 2.05) is 6.92 Å². The summed E-state index contributed by atoms with van der Waals surface area (Å²) in [4.78, 5) is 11.8. The van der Waals surface area contributed by atoms with E-state index in [4.69, 9.17) is 11.6 Å². The van der Waals surface area contributed by atoms with Crippen molar-refractivity contribution in [2.24, 2.45) is 0 Å². The molecule has 0 aliphatic heterocycles. The summed E-state index contributed by atoms with van der Waals surface area (Å²) in [5.74, 6) is 0. The first kappa shape index (κ1) is 16.7. The second-order valence-corrected chi connectivity index (χ2v) is 6.37. The maximum absolute atomic E-state index is 12.4. The van der Waals surface area contributed by atoms with Gasteiger partial charge in [-0.2, -0.15) is 4.31 Å². The molecule has 0 aliphatic rings. The zero-order valence-electron chi connectivity index (χ0n) is 11.2. The van der Waals surface area contributed by atoms with E-state index in [0.717, 1.165) is 0 Å². The van der Waals surface area contributed by atoms with Gasteiger partial charge in [0.05, 0.1) is 4.90 Å². The molecule has 1 aromatic rings. The van der Waals surface area contributed by atoms with Gasteiger partial charge in [0.15, 0.2) is 0 Å². The molecule has 6 nitrogen and oxygen atoms in total. The van der Waals surface area contributed by atoms with Gasteiger partial charge in [0.2, 0.25) is 0 Å². The number of nitrogens with one attached hydrogen (secondary N) is 1. The third-order valence-electron chi connectivity index (χ3n) is 2.44. The Labute approximate surface area is 123 Å². The highest BCUT2D eigenvalue weighted by Crippen LogP contribution is 2.20. The number of rotatable bonds is 5. The Morgan fingerprint density at radius 1 is 1.40 bits per heavy atom. The van der Waals surface area contributed by atoms with Gasteiger partial charge in [-0.05, 0) is 37.6 Å². The van der Waals surface area contributed by atoms with E-state index in [2.05, 4.69) is 5.32 Å². The van der Waals surface area contributed by atoms with Crippen LogP contribution in [0, 0.1) is 0 Å². The zero-order chi connectivity index (χ0) is 15.3. The van der Waals surface area contributed by atoms with Crippen LogP contribution in [0.1, 0.15) is 20.3 Å². The molecule has 0 saturated carbocycles. The lowest BCUT2D eigenvalue weighted by Gasteiger charge is -2.25. The quantitative estimate of drug-likeness (QED) is 0.810. The molecule has 0 aromatic heterocycles. The predicted molar refractivity (Wildman–Crippen MR) is 75.8 cm³/mol. The third kappa shape index (κ3) is 3.84. The van der Waals surface area contributed by atoms with Gasteiger partial charge in [-0.25, -0.2) is 13.2 Å². The summed E-state index contributed by atoms with van der Waals surface area (Å²) in [6.07, 6.45) is -0.826. The number of carbonyl (C=O) groups excluding carboxylic acids is 1. The number of benzene rings is 1. The molecule has 0 heterocycles.